The van der Waals surface area contributed by atoms with E-state index in [1.54, 1.807) is 7.05 Å². The molecule has 2 heterocycles. The first kappa shape index (κ1) is 7.23. The summed E-state index contributed by atoms with van der Waals surface area (Å²) in [5.41, 5.74) is 0.792. The van der Waals surface area contributed by atoms with Gasteiger partial charge in [0.2, 0.25) is 0 Å². The van der Waals surface area contributed by atoms with Crippen molar-refractivity contribution in [1.29, 1.82) is 0 Å². The molecule has 6 heteroatoms. The van der Waals surface area contributed by atoms with Crippen molar-refractivity contribution >= 4 is 23.4 Å². The van der Waals surface area contributed by atoms with Crippen LogP contribution in [0.15, 0.2) is 11.1 Å². The number of nitrogens with one attached hydrogen (secondary N) is 2. The number of aryl methyl sites for hydroxylation is 1. The second-order valence-electron chi connectivity index (χ2n) is 2.46. The molecular formula is C6H6N4OS. The average molecular weight is 182 g/mol. The molecule has 0 atom stereocenters. The molecule has 2 N–H and O–H groups in total. The summed E-state index contributed by atoms with van der Waals surface area (Å²) in [5.74, 6) is 0. The Kier molecular flexibility index (Phi) is 1.37. The topological polar surface area (TPSA) is 66.5 Å². The Morgan fingerprint density at radius 3 is 3.08 bits per heavy atom. The van der Waals surface area contributed by atoms with Gasteiger partial charge in [0.1, 0.15) is 0 Å². The highest BCUT2D eigenvalue weighted by Gasteiger charge is 2.02. The fraction of sp³-hybridized carbons (Fsp3) is 0.167. The van der Waals surface area contributed by atoms with Crippen LogP contribution in [0.25, 0.3) is 11.2 Å². The van der Waals surface area contributed by atoms with Crippen molar-refractivity contribution in [3.63, 3.8) is 0 Å². The van der Waals surface area contributed by atoms with E-state index in [2.05, 4.69) is 15.0 Å². The molecule has 0 aromatic carbocycles. The van der Waals surface area contributed by atoms with Gasteiger partial charge in [-0.15, -0.1) is 0 Å². The van der Waals surface area contributed by atoms with Gasteiger partial charge in [0.05, 0.1) is 6.33 Å². The van der Waals surface area contributed by atoms with Crippen molar-refractivity contribution in [2.75, 3.05) is 0 Å². The molecule has 0 radical (unpaired) electrons. The predicted molar refractivity (Wildman–Crippen MR) is 46.5 cm³/mol. The summed E-state index contributed by atoms with van der Waals surface area (Å²) in [5, 5.41) is 0. The second kappa shape index (κ2) is 2.28. The molecule has 0 unspecified atom stereocenters. The number of aromatic nitrogens is 4. The van der Waals surface area contributed by atoms with Crippen molar-refractivity contribution < 1.29 is 0 Å². The number of imidazole rings is 1. The average Bonchev–Trinajstić information content (AvgIpc) is 2.39. The van der Waals surface area contributed by atoms with Crippen molar-refractivity contribution in [2.24, 2.45) is 7.05 Å². The summed E-state index contributed by atoms with van der Waals surface area (Å²) in [6, 6.07) is 0. The molecule has 0 aliphatic rings. The normalized spacial score (nSPS) is 10.8. The Morgan fingerprint density at radius 1 is 1.58 bits per heavy atom. The van der Waals surface area contributed by atoms with E-state index in [9.17, 15) is 4.79 Å². The third-order valence-corrected chi connectivity index (χ3v) is 1.81. The fourth-order valence-electron chi connectivity index (χ4n) is 0.999. The van der Waals surface area contributed by atoms with Crippen LogP contribution in [0.2, 0.25) is 0 Å². The van der Waals surface area contributed by atoms with Crippen molar-refractivity contribution in [1.82, 2.24) is 19.5 Å². The van der Waals surface area contributed by atoms with Gasteiger partial charge < -0.3 is 14.5 Å². The molecule has 0 spiro atoms. The van der Waals surface area contributed by atoms with Gasteiger partial charge in [-0.05, 0) is 12.2 Å². The molecule has 0 bridgehead atoms. The van der Waals surface area contributed by atoms with E-state index in [1.807, 2.05) is 0 Å². The Balaban J connectivity index is 3.10. The Bertz CT molecular complexity index is 534. The third kappa shape index (κ3) is 0.884. The molecule has 0 saturated heterocycles. The maximum absolute atomic E-state index is 11.4. The lowest BCUT2D eigenvalue weighted by Crippen LogP contribution is -2.16. The summed E-state index contributed by atoms with van der Waals surface area (Å²) in [6.07, 6.45) is 1.45. The minimum Gasteiger partial charge on any atom is -0.325 e. The van der Waals surface area contributed by atoms with Crippen LogP contribution in [0.4, 0.5) is 0 Å². The number of nitrogens with zero attached hydrogens (tertiary/aromatic N) is 2. The van der Waals surface area contributed by atoms with E-state index < -0.39 is 0 Å². The lowest BCUT2D eigenvalue weighted by atomic mass is 10.5. The van der Waals surface area contributed by atoms with Gasteiger partial charge in [-0.25, -0.2) is 4.98 Å². The molecule has 2 rings (SSSR count). The highest BCUT2D eigenvalue weighted by atomic mass is 32.1. The van der Waals surface area contributed by atoms with Crippen LogP contribution in [0.1, 0.15) is 0 Å². The molecule has 2 aromatic rings. The van der Waals surface area contributed by atoms with Crippen LogP contribution in [-0.4, -0.2) is 19.5 Å². The van der Waals surface area contributed by atoms with Gasteiger partial charge in [-0.2, -0.15) is 0 Å². The summed E-state index contributed by atoms with van der Waals surface area (Å²) in [7, 11) is 1.64. The second-order valence-corrected chi connectivity index (χ2v) is 2.87. The van der Waals surface area contributed by atoms with E-state index in [-0.39, 0.29) is 5.56 Å². The maximum atomic E-state index is 11.4. The molecule has 0 fully saturated rings. The maximum Gasteiger partial charge on any atom is 0.279 e. The highest BCUT2D eigenvalue weighted by molar-refractivity contribution is 7.71. The quantitative estimate of drug-likeness (QED) is 0.576. The molecule has 0 amide bonds. The van der Waals surface area contributed by atoms with Gasteiger partial charge in [0, 0.05) is 7.05 Å². The zero-order valence-electron chi connectivity index (χ0n) is 6.29. The number of aromatic amines is 2. The number of fused-ring (bicyclic) bond motifs is 1. The summed E-state index contributed by atoms with van der Waals surface area (Å²) < 4.78 is 1.81. The molecule has 62 valence electrons. The van der Waals surface area contributed by atoms with Gasteiger partial charge in [-0.3, -0.25) is 4.79 Å². The number of rotatable bonds is 0. The fourth-order valence-corrected chi connectivity index (χ4v) is 1.20. The minimum atomic E-state index is -0.132. The molecule has 0 aliphatic heterocycles. The molecular weight excluding hydrogens is 176 g/mol. The molecule has 0 aliphatic carbocycles. The van der Waals surface area contributed by atoms with E-state index in [1.165, 1.54) is 10.9 Å². The molecule has 2 aromatic heterocycles. The molecule has 12 heavy (non-hydrogen) atoms. The van der Waals surface area contributed by atoms with Gasteiger partial charge in [0.25, 0.3) is 5.56 Å². The zero-order chi connectivity index (χ0) is 8.72. The highest BCUT2D eigenvalue weighted by Crippen LogP contribution is 1.98. The Morgan fingerprint density at radius 2 is 2.33 bits per heavy atom. The molecule has 5 nitrogen and oxygen atoms in total. The van der Waals surface area contributed by atoms with Crippen LogP contribution in [0.3, 0.4) is 0 Å². The number of hydrogen-bond acceptors (Lipinski definition) is 3. The van der Waals surface area contributed by atoms with Crippen LogP contribution in [0.5, 0.6) is 0 Å². The van der Waals surface area contributed by atoms with E-state index >= 15 is 0 Å². The summed E-state index contributed by atoms with van der Waals surface area (Å²) in [6.45, 7) is 0. The largest absolute Gasteiger partial charge is 0.325 e. The third-order valence-electron chi connectivity index (χ3n) is 1.60. The number of hydrogen-bond donors (Lipinski definition) is 2. The lowest BCUT2D eigenvalue weighted by Gasteiger charge is -1.92. The Labute approximate surface area is 72.1 Å². The van der Waals surface area contributed by atoms with E-state index in [0.29, 0.717) is 15.9 Å². The van der Waals surface area contributed by atoms with Crippen molar-refractivity contribution in [2.45, 2.75) is 0 Å². The molecule has 0 saturated carbocycles. The first-order chi connectivity index (χ1) is 5.68. The lowest BCUT2D eigenvalue weighted by molar-refractivity contribution is 0.839. The first-order valence-corrected chi connectivity index (χ1v) is 3.73. The summed E-state index contributed by atoms with van der Waals surface area (Å²) >= 11 is 4.82. The standard InChI is InChI=1S/C6H6N4OS/c1-10-2-7-4-3(5(10)11)8-6(12)9-4/h2H,1H3,(H2,8,9,12). The van der Waals surface area contributed by atoms with Crippen molar-refractivity contribution in [3.05, 3.63) is 21.5 Å². The summed E-state index contributed by atoms with van der Waals surface area (Å²) in [4.78, 5) is 20.8. The van der Waals surface area contributed by atoms with Crippen LogP contribution < -0.4 is 5.56 Å². The van der Waals surface area contributed by atoms with E-state index in [0.717, 1.165) is 0 Å². The minimum absolute atomic E-state index is 0.132. The van der Waals surface area contributed by atoms with Crippen LogP contribution in [0, 0.1) is 4.77 Å². The van der Waals surface area contributed by atoms with Gasteiger partial charge >= 0.3 is 0 Å². The first-order valence-electron chi connectivity index (χ1n) is 3.32. The Hall–Kier alpha value is -1.43. The SMILES string of the molecule is Cn1cnc2[nH]c(=S)[nH]c2c1=O. The van der Waals surface area contributed by atoms with E-state index in [4.69, 9.17) is 12.2 Å². The van der Waals surface area contributed by atoms with Crippen molar-refractivity contribution in [3.8, 4) is 0 Å². The van der Waals surface area contributed by atoms with Crippen LogP contribution >= 0.6 is 12.2 Å². The monoisotopic (exact) mass is 182 g/mol. The number of H-pyrrole nitrogens is 2. The van der Waals surface area contributed by atoms with Crippen LogP contribution in [-0.2, 0) is 7.05 Å². The zero-order valence-corrected chi connectivity index (χ0v) is 7.10. The van der Waals surface area contributed by atoms with Gasteiger partial charge in [-0.1, -0.05) is 0 Å². The predicted octanol–water partition coefficient (Wildman–Crippen LogP) is 0.319. The smallest absolute Gasteiger partial charge is 0.279 e. The van der Waals surface area contributed by atoms with Gasteiger partial charge in [0.15, 0.2) is 15.9 Å².